The number of anilines is 1. The Hall–Kier alpha value is -1.59. The van der Waals surface area contributed by atoms with Gasteiger partial charge in [0.2, 0.25) is 5.91 Å². The highest BCUT2D eigenvalue weighted by atomic mass is 16.5. The van der Waals surface area contributed by atoms with Gasteiger partial charge in [0.1, 0.15) is 0 Å². The summed E-state index contributed by atoms with van der Waals surface area (Å²) >= 11 is 0. The van der Waals surface area contributed by atoms with Crippen molar-refractivity contribution in [2.75, 3.05) is 32.0 Å². The Balaban J connectivity index is 1.86. The van der Waals surface area contributed by atoms with Gasteiger partial charge in [-0.05, 0) is 11.6 Å². The molecule has 17 heavy (non-hydrogen) atoms. The smallest absolute Gasteiger partial charge is 0.238 e. The SMILES string of the molecule is Nc1ccccc1CC(=O)NN1CCOCC1. The van der Waals surface area contributed by atoms with Gasteiger partial charge in [-0.1, -0.05) is 18.2 Å². The van der Waals surface area contributed by atoms with E-state index in [1.54, 1.807) is 6.07 Å². The van der Waals surface area contributed by atoms with E-state index in [0.717, 1.165) is 18.7 Å². The highest BCUT2D eigenvalue weighted by molar-refractivity contribution is 5.79. The summed E-state index contributed by atoms with van der Waals surface area (Å²) in [4.78, 5) is 11.8. The van der Waals surface area contributed by atoms with E-state index in [1.165, 1.54) is 0 Å². The average Bonchev–Trinajstić information content (AvgIpc) is 2.33. The summed E-state index contributed by atoms with van der Waals surface area (Å²) in [5.74, 6) is -0.0372. The van der Waals surface area contributed by atoms with Crippen LogP contribution in [0.4, 0.5) is 5.69 Å². The van der Waals surface area contributed by atoms with E-state index in [4.69, 9.17) is 10.5 Å². The van der Waals surface area contributed by atoms with Crippen LogP contribution in [0.5, 0.6) is 0 Å². The Morgan fingerprint density at radius 2 is 2.06 bits per heavy atom. The molecule has 0 saturated carbocycles. The molecule has 5 heteroatoms. The van der Waals surface area contributed by atoms with Crippen molar-refractivity contribution in [1.82, 2.24) is 10.4 Å². The van der Waals surface area contributed by atoms with E-state index < -0.39 is 0 Å². The molecule has 1 saturated heterocycles. The van der Waals surface area contributed by atoms with Crippen molar-refractivity contribution < 1.29 is 9.53 Å². The van der Waals surface area contributed by atoms with Gasteiger partial charge in [0.05, 0.1) is 19.6 Å². The minimum absolute atomic E-state index is 0.0372. The molecule has 0 unspecified atom stereocenters. The molecule has 0 aliphatic carbocycles. The number of amides is 1. The van der Waals surface area contributed by atoms with E-state index >= 15 is 0 Å². The molecule has 1 fully saturated rings. The Labute approximate surface area is 101 Å². The van der Waals surface area contributed by atoms with Gasteiger partial charge in [0.25, 0.3) is 0 Å². The van der Waals surface area contributed by atoms with Gasteiger partial charge in [-0.3, -0.25) is 10.2 Å². The minimum Gasteiger partial charge on any atom is -0.398 e. The molecular formula is C12H17N3O2. The topological polar surface area (TPSA) is 67.6 Å². The predicted molar refractivity (Wildman–Crippen MR) is 65.1 cm³/mol. The number of carbonyl (C=O) groups excluding carboxylic acids is 1. The number of hydrazine groups is 1. The van der Waals surface area contributed by atoms with Crippen molar-refractivity contribution in [2.45, 2.75) is 6.42 Å². The average molecular weight is 235 g/mol. The van der Waals surface area contributed by atoms with Gasteiger partial charge in [-0.15, -0.1) is 0 Å². The molecule has 1 aliphatic heterocycles. The zero-order chi connectivity index (χ0) is 12.1. The van der Waals surface area contributed by atoms with E-state index in [9.17, 15) is 4.79 Å². The third-order valence-corrected chi connectivity index (χ3v) is 2.70. The van der Waals surface area contributed by atoms with Gasteiger partial charge < -0.3 is 10.5 Å². The number of nitrogens with zero attached hydrogens (tertiary/aromatic N) is 1. The molecule has 3 N–H and O–H groups in total. The molecule has 0 bridgehead atoms. The molecule has 1 heterocycles. The third-order valence-electron chi connectivity index (χ3n) is 2.70. The second kappa shape index (κ2) is 5.65. The lowest BCUT2D eigenvalue weighted by Gasteiger charge is -2.27. The van der Waals surface area contributed by atoms with Crippen molar-refractivity contribution in [3.8, 4) is 0 Å². The van der Waals surface area contributed by atoms with Crippen LogP contribution in [0.15, 0.2) is 24.3 Å². The molecule has 1 aliphatic rings. The number of hydrogen-bond acceptors (Lipinski definition) is 4. The van der Waals surface area contributed by atoms with Gasteiger partial charge in [-0.25, -0.2) is 5.01 Å². The number of hydrogen-bond donors (Lipinski definition) is 2. The van der Waals surface area contributed by atoms with Crippen molar-refractivity contribution in [3.05, 3.63) is 29.8 Å². The van der Waals surface area contributed by atoms with Crippen LogP contribution in [0.2, 0.25) is 0 Å². The van der Waals surface area contributed by atoms with Crippen LogP contribution in [0.3, 0.4) is 0 Å². The molecule has 1 aromatic carbocycles. The normalized spacial score (nSPS) is 16.7. The number of benzene rings is 1. The molecule has 1 aromatic rings. The van der Waals surface area contributed by atoms with Crippen LogP contribution >= 0.6 is 0 Å². The number of para-hydroxylation sites is 1. The van der Waals surface area contributed by atoms with Gasteiger partial charge in [0.15, 0.2) is 0 Å². The number of nitrogens with two attached hydrogens (primary N) is 1. The lowest BCUT2D eigenvalue weighted by molar-refractivity contribution is -0.127. The van der Waals surface area contributed by atoms with Crippen molar-refractivity contribution in [3.63, 3.8) is 0 Å². The summed E-state index contributed by atoms with van der Waals surface area (Å²) in [5.41, 5.74) is 10.2. The van der Waals surface area contributed by atoms with Crippen LogP contribution in [0.1, 0.15) is 5.56 Å². The first-order valence-corrected chi connectivity index (χ1v) is 5.71. The molecule has 0 aromatic heterocycles. The van der Waals surface area contributed by atoms with Crippen molar-refractivity contribution in [1.29, 1.82) is 0 Å². The van der Waals surface area contributed by atoms with Gasteiger partial charge >= 0.3 is 0 Å². The number of morpholine rings is 1. The van der Waals surface area contributed by atoms with Crippen LogP contribution in [0.25, 0.3) is 0 Å². The molecule has 5 nitrogen and oxygen atoms in total. The zero-order valence-corrected chi connectivity index (χ0v) is 9.69. The first kappa shape index (κ1) is 11.9. The summed E-state index contributed by atoms with van der Waals surface area (Å²) in [5, 5.41) is 1.88. The first-order valence-electron chi connectivity index (χ1n) is 5.71. The molecule has 0 radical (unpaired) electrons. The quantitative estimate of drug-likeness (QED) is 0.733. The zero-order valence-electron chi connectivity index (χ0n) is 9.69. The summed E-state index contributed by atoms with van der Waals surface area (Å²) in [6.45, 7) is 2.79. The van der Waals surface area contributed by atoms with E-state index in [1.807, 2.05) is 23.2 Å². The summed E-state index contributed by atoms with van der Waals surface area (Å²) < 4.78 is 5.21. The molecule has 2 rings (SSSR count). The molecule has 0 spiro atoms. The van der Waals surface area contributed by atoms with E-state index in [2.05, 4.69) is 5.43 Å². The molecule has 0 atom stereocenters. The van der Waals surface area contributed by atoms with E-state index in [0.29, 0.717) is 25.3 Å². The number of nitrogens with one attached hydrogen (secondary N) is 1. The fourth-order valence-corrected chi connectivity index (χ4v) is 1.76. The first-order chi connectivity index (χ1) is 8.25. The summed E-state index contributed by atoms with van der Waals surface area (Å²) in [6, 6.07) is 7.41. The maximum atomic E-state index is 11.8. The molecule has 1 amide bonds. The van der Waals surface area contributed by atoms with Crippen LogP contribution in [-0.2, 0) is 16.0 Å². The van der Waals surface area contributed by atoms with Crippen LogP contribution < -0.4 is 11.2 Å². The lowest BCUT2D eigenvalue weighted by Crippen LogP contribution is -2.48. The maximum absolute atomic E-state index is 11.8. The Morgan fingerprint density at radius 3 is 2.76 bits per heavy atom. The summed E-state index contributed by atoms with van der Waals surface area (Å²) in [7, 11) is 0. The Morgan fingerprint density at radius 1 is 1.35 bits per heavy atom. The highest BCUT2D eigenvalue weighted by Gasteiger charge is 2.13. The molecular weight excluding hydrogens is 218 g/mol. The van der Waals surface area contributed by atoms with E-state index in [-0.39, 0.29) is 5.91 Å². The number of rotatable bonds is 3. The van der Waals surface area contributed by atoms with Gasteiger partial charge in [0, 0.05) is 18.8 Å². The highest BCUT2D eigenvalue weighted by Crippen LogP contribution is 2.10. The minimum atomic E-state index is -0.0372. The molecule has 92 valence electrons. The largest absolute Gasteiger partial charge is 0.398 e. The van der Waals surface area contributed by atoms with Gasteiger partial charge in [-0.2, -0.15) is 0 Å². The monoisotopic (exact) mass is 235 g/mol. The summed E-state index contributed by atoms with van der Waals surface area (Å²) in [6.07, 6.45) is 0.310. The lowest BCUT2D eigenvalue weighted by atomic mass is 10.1. The second-order valence-corrected chi connectivity index (χ2v) is 4.01. The number of ether oxygens (including phenoxy) is 1. The predicted octanol–water partition coefficient (Wildman–Crippen LogP) is 0.175. The fourth-order valence-electron chi connectivity index (χ4n) is 1.76. The van der Waals surface area contributed by atoms with Crippen molar-refractivity contribution in [2.24, 2.45) is 0 Å². The Bertz CT molecular complexity index is 389. The fraction of sp³-hybridized carbons (Fsp3) is 0.417. The maximum Gasteiger partial charge on any atom is 0.238 e. The third kappa shape index (κ3) is 3.44. The standard InChI is InChI=1S/C12H17N3O2/c13-11-4-2-1-3-10(11)9-12(16)14-15-5-7-17-8-6-15/h1-4H,5-9,13H2,(H,14,16). The van der Waals surface area contributed by atoms with Crippen molar-refractivity contribution >= 4 is 11.6 Å². The van der Waals surface area contributed by atoms with Crippen LogP contribution in [-0.4, -0.2) is 37.2 Å². The second-order valence-electron chi connectivity index (χ2n) is 4.01. The number of nitrogen functional groups attached to an aromatic ring is 1. The number of carbonyl (C=O) groups is 1. The Kier molecular flexibility index (Phi) is 3.95. The van der Waals surface area contributed by atoms with Crippen LogP contribution in [0, 0.1) is 0 Å².